The van der Waals surface area contributed by atoms with E-state index < -0.39 is 11.8 Å². The third-order valence-electron chi connectivity index (χ3n) is 3.28. The van der Waals surface area contributed by atoms with Gasteiger partial charge in [0, 0.05) is 17.7 Å². The van der Waals surface area contributed by atoms with Gasteiger partial charge in [-0.1, -0.05) is 29.8 Å². The highest BCUT2D eigenvalue weighted by Gasteiger charge is 2.16. The lowest BCUT2D eigenvalue weighted by atomic mass is 10.1. The summed E-state index contributed by atoms with van der Waals surface area (Å²) < 4.78 is 10.4. The molecule has 8 heteroatoms. The summed E-state index contributed by atoms with van der Waals surface area (Å²) in [5, 5.41) is 12.5. The number of benzene rings is 2. The fourth-order valence-electron chi connectivity index (χ4n) is 2.07. The van der Waals surface area contributed by atoms with Crippen molar-refractivity contribution in [1.82, 2.24) is 5.32 Å². The van der Waals surface area contributed by atoms with Gasteiger partial charge in [0.25, 0.3) is 11.8 Å². The van der Waals surface area contributed by atoms with Gasteiger partial charge in [0.15, 0.2) is 18.1 Å². The van der Waals surface area contributed by atoms with E-state index in [-0.39, 0.29) is 41.0 Å². The molecular formula is C17H17ClN2O5. The van der Waals surface area contributed by atoms with Crippen molar-refractivity contribution in [3.05, 3.63) is 52.5 Å². The van der Waals surface area contributed by atoms with Gasteiger partial charge in [0.2, 0.25) is 0 Å². The number of nitrogens with two attached hydrogens (primary N) is 1. The number of phenols is 1. The number of aromatic hydroxyl groups is 1. The molecule has 0 atom stereocenters. The van der Waals surface area contributed by atoms with Crippen LogP contribution in [0.1, 0.15) is 15.9 Å². The number of hydrogen-bond donors (Lipinski definition) is 3. The van der Waals surface area contributed by atoms with Crippen LogP contribution in [-0.2, 0) is 11.3 Å². The van der Waals surface area contributed by atoms with Gasteiger partial charge in [-0.25, -0.2) is 0 Å². The number of halogens is 1. The Bertz CT molecular complexity index is 795. The van der Waals surface area contributed by atoms with E-state index in [2.05, 4.69) is 5.32 Å². The first-order chi connectivity index (χ1) is 11.9. The second-order valence-electron chi connectivity index (χ2n) is 5.06. The highest BCUT2D eigenvalue weighted by Crippen LogP contribution is 2.36. The van der Waals surface area contributed by atoms with Crippen molar-refractivity contribution in [3.63, 3.8) is 0 Å². The molecule has 0 fully saturated rings. The number of para-hydroxylation sites is 1. The maximum atomic E-state index is 12.3. The molecule has 0 unspecified atom stereocenters. The lowest BCUT2D eigenvalue weighted by Gasteiger charge is -2.13. The van der Waals surface area contributed by atoms with Crippen molar-refractivity contribution in [2.45, 2.75) is 6.54 Å². The summed E-state index contributed by atoms with van der Waals surface area (Å²) in [6.07, 6.45) is 0. The van der Waals surface area contributed by atoms with E-state index in [9.17, 15) is 14.7 Å². The highest BCUT2D eigenvalue weighted by molar-refractivity contribution is 6.32. The largest absolute Gasteiger partial charge is 0.508 e. The zero-order valence-electron chi connectivity index (χ0n) is 13.4. The minimum absolute atomic E-state index is 0.0913. The maximum Gasteiger partial charge on any atom is 0.255 e. The van der Waals surface area contributed by atoms with Crippen LogP contribution in [0.2, 0.25) is 5.02 Å². The molecule has 25 heavy (non-hydrogen) atoms. The topological polar surface area (TPSA) is 111 Å². The molecule has 0 aromatic heterocycles. The van der Waals surface area contributed by atoms with Gasteiger partial charge in [0.05, 0.1) is 12.1 Å². The molecule has 2 aromatic rings. The number of carbonyl (C=O) groups is 2. The Hall–Kier alpha value is -2.93. The normalized spacial score (nSPS) is 10.2. The fraction of sp³-hybridized carbons (Fsp3) is 0.176. The molecule has 0 spiro atoms. The van der Waals surface area contributed by atoms with Crippen LogP contribution in [0.5, 0.6) is 17.2 Å². The van der Waals surface area contributed by atoms with E-state index in [1.165, 1.54) is 25.3 Å². The Kier molecular flexibility index (Phi) is 6.08. The van der Waals surface area contributed by atoms with Crippen molar-refractivity contribution in [2.75, 3.05) is 13.7 Å². The zero-order valence-corrected chi connectivity index (χ0v) is 14.2. The fourth-order valence-corrected chi connectivity index (χ4v) is 2.34. The molecule has 132 valence electrons. The lowest BCUT2D eigenvalue weighted by molar-refractivity contribution is -0.119. The third-order valence-corrected chi connectivity index (χ3v) is 3.56. The quantitative estimate of drug-likeness (QED) is 0.694. The van der Waals surface area contributed by atoms with Gasteiger partial charge in [-0.05, 0) is 18.2 Å². The number of carbonyl (C=O) groups excluding carboxylic acids is 2. The molecule has 0 bridgehead atoms. The number of primary amides is 1. The highest BCUT2D eigenvalue weighted by atomic mass is 35.5. The Labute approximate surface area is 149 Å². The summed E-state index contributed by atoms with van der Waals surface area (Å²) in [7, 11) is 1.38. The van der Waals surface area contributed by atoms with Crippen LogP contribution in [-0.4, -0.2) is 30.6 Å². The predicted molar refractivity (Wildman–Crippen MR) is 92.0 cm³/mol. The molecule has 0 aliphatic rings. The third kappa shape index (κ3) is 4.77. The van der Waals surface area contributed by atoms with E-state index in [1.807, 2.05) is 0 Å². The van der Waals surface area contributed by atoms with Gasteiger partial charge in [-0.15, -0.1) is 0 Å². The molecule has 0 saturated heterocycles. The minimum atomic E-state index is -0.664. The van der Waals surface area contributed by atoms with Crippen LogP contribution < -0.4 is 20.5 Å². The van der Waals surface area contributed by atoms with E-state index in [0.29, 0.717) is 5.56 Å². The summed E-state index contributed by atoms with van der Waals surface area (Å²) in [5.41, 5.74) is 5.85. The summed E-state index contributed by atoms with van der Waals surface area (Å²) in [6.45, 7) is -0.222. The second kappa shape index (κ2) is 8.25. The van der Waals surface area contributed by atoms with Gasteiger partial charge >= 0.3 is 0 Å². The van der Waals surface area contributed by atoms with E-state index in [4.69, 9.17) is 26.8 Å². The molecule has 7 nitrogen and oxygen atoms in total. The molecule has 0 aliphatic heterocycles. The number of amides is 2. The van der Waals surface area contributed by atoms with Crippen molar-refractivity contribution in [3.8, 4) is 17.2 Å². The molecule has 4 N–H and O–H groups in total. The Morgan fingerprint density at radius 2 is 2.00 bits per heavy atom. The van der Waals surface area contributed by atoms with Gasteiger partial charge in [-0.3, -0.25) is 9.59 Å². The average molecular weight is 365 g/mol. The van der Waals surface area contributed by atoms with E-state index in [1.54, 1.807) is 18.2 Å². The minimum Gasteiger partial charge on any atom is -0.508 e. The maximum absolute atomic E-state index is 12.3. The number of methoxy groups -OCH3 is 1. The Morgan fingerprint density at radius 3 is 2.64 bits per heavy atom. The first-order valence-corrected chi connectivity index (χ1v) is 7.64. The smallest absolute Gasteiger partial charge is 0.255 e. The number of ether oxygens (including phenoxy) is 2. The Morgan fingerprint density at radius 1 is 1.28 bits per heavy atom. The Balaban J connectivity index is 2.15. The molecular weight excluding hydrogens is 348 g/mol. The van der Waals surface area contributed by atoms with Gasteiger partial charge < -0.3 is 25.6 Å². The summed E-state index contributed by atoms with van der Waals surface area (Å²) in [6, 6.07) is 9.50. The number of hydrogen-bond acceptors (Lipinski definition) is 5. The monoisotopic (exact) mass is 364 g/mol. The first-order valence-electron chi connectivity index (χ1n) is 7.26. The van der Waals surface area contributed by atoms with Crippen molar-refractivity contribution < 1.29 is 24.2 Å². The molecule has 0 aliphatic carbocycles. The number of rotatable bonds is 7. The number of nitrogens with one attached hydrogen (secondary N) is 1. The lowest BCUT2D eigenvalue weighted by Crippen LogP contribution is -2.23. The van der Waals surface area contributed by atoms with Crippen LogP contribution in [0.25, 0.3) is 0 Å². The van der Waals surface area contributed by atoms with Crippen molar-refractivity contribution in [2.24, 2.45) is 5.73 Å². The van der Waals surface area contributed by atoms with Crippen LogP contribution >= 0.6 is 11.6 Å². The molecule has 0 heterocycles. The summed E-state index contributed by atoms with van der Waals surface area (Å²) in [4.78, 5) is 23.1. The average Bonchev–Trinajstić information content (AvgIpc) is 2.58. The van der Waals surface area contributed by atoms with Crippen LogP contribution in [0, 0.1) is 0 Å². The summed E-state index contributed by atoms with van der Waals surface area (Å²) >= 11 is 6.11. The molecule has 2 amide bonds. The first kappa shape index (κ1) is 18.4. The van der Waals surface area contributed by atoms with Crippen molar-refractivity contribution in [1.29, 1.82) is 0 Å². The second-order valence-corrected chi connectivity index (χ2v) is 5.46. The summed E-state index contributed by atoms with van der Waals surface area (Å²) in [5.74, 6) is -0.664. The molecule has 2 aromatic carbocycles. The molecule has 0 radical (unpaired) electrons. The van der Waals surface area contributed by atoms with Crippen LogP contribution in [0.15, 0.2) is 36.4 Å². The standard InChI is InChI=1S/C17H17ClN2O5/c1-24-14-7-11(6-12(18)16(14)25-9-15(19)22)17(23)20-8-10-4-2-3-5-13(10)21/h2-7,21H,8-9H2,1H3,(H2,19,22)(H,20,23). The van der Waals surface area contributed by atoms with E-state index in [0.717, 1.165) is 0 Å². The zero-order chi connectivity index (χ0) is 18.4. The number of phenolic OH excluding ortho intramolecular Hbond substituents is 1. The van der Waals surface area contributed by atoms with Gasteiger partial charge in [0.1, 0.15) is 5.75 Å². The van der Waals surface area contributed by atoms with Gasteiger partial charge in [-0.2, -0.15) is 0 Å². The van der Waals surface area contributed by atoms with Crippen LogP contribution in [0.4, 0.5) is 0 Å². The SMILES string of the molecule is COc1cc(C(=O)NCc2ccccc2O)cc(Cl)c1OCC(N)=O. The molecule has 0 saturated carbocycles. The van der Waals surface area contributed by atoms with Crippen LogP contribution in [0.3, 0.4) is 0 Å². The predicted octanol–water partition coefficient (Wildman–Crippen LogP) is 1.85. The van der Waals surface area contributed by atoms with Crippen molar-refractivity contribution >= 4 is 23.4 Å². The van der Waals surface area contributed by atoms with E-state index >= 15 is 0 Å². The molecule has 2 rings (SSSR count).